The van der Waals surface area contributed by atoms with E-state index in [1.54, 1.807) is 16.7 Å². The molecule has 2 aliphatic heterocycles. The third kappa shape index (κ3) is 4.49. The molecule has 3 rings (SSSR count). The second-order valence-corrected chi connectivity index (χ2v) is 9.19. The second-order valence-electron chi connectivity index (χ2n) is 6.96. The third-order valence-electron chi connectivity index (χ3n) is 4.99. The van der Waals surface area contributed by atoms with Crippen LogP contribution in [-0.4, -0.2) is 79.7 Å². The summed E-state index contributed by atoms with van der Waals surface area (Å²) in [6.07, 6.45) is 3.06. The first-order valence-corrected chi connectivity index (χ1v) is 10.7. The minimum atomic E-state index is -3.10. The molecule has 2 saturated heterocycles. The molecule has 0 spiro atoms. The Balaban J connectivity index is 1.49. The molecule has 27 heavy (non-hydrogen) atoms. The number of rotatable bonds is 4. The Hall–Kier alpha value is -2.36. The van der Waals surface area contributed by atoms with Crippen molar-refractivity contribution in [1.82, 2.24) is 15.1 Å². The molecule has 3 amide bonds. The number of hydrogen-bond acceptors (Lipinski definition) is 6. The standard InChI is InChI=1S/C17H23N3O6S/c1-12(18-15(21)13-2-8-26-10-13)16(22)19-4-6-20(7-5-19)17(23)14-3-9-27(24,25)11-14/h2,8,10,12,14H,3-7,9,11H2,1H3,(H,18,21)/t12-,14-/m0/s1. The Morgan fingerprint density at radius 2 is 1.85 bits per heavy atom. The Morgan fingerprint density at radius 1 is 1.19 bits per heavy atom. The summed E-state index contributed by atoms with van der Waals surface area (Å²) in [5, 5.41) is 2.63. The quantitative estimate of drug-likeness (QED) is 0.732. The van der Waals surface area contributed by atoms with E-state index in [2.05, 4.69) is 5.32 Å². The highest BCUT2D eigenvalue weighted by Gasteiger charge is 2.37. The van der Waals surface area contributed by atoms with E-state index in [-0.39, 0.29) is 29.2 Å². The van der Waals surface area contributed by atoms with Gasteiger partial charge in [-0.15, -0.1) is 0 Å². The van der Waals surface area contributed by atoms with Gasteiger partial charge in [0.1, 0.15) is 12.3 Å². The van der Waals surface area contributed by atoms with Crippen molar-refractivity contribution in [2.75, 3.05) is 37.7 Å². The minimum Gasteiger partial charge on any atom is -0.472 e. The molecule has 0 bridgehead atoms. The van der Waals surface area contributed by atoms with Crippen LogP contribution < -0.4 is 5.32 Å². The summed E-state index contributed by atoms with van der Waals surface area (Å²) in [6.45, 7) is 3.06. The molecule has 3 heterocycles. The molecule has 2 fully saturated rings. The Kier molecular flexibility index (Phi) is 5.54. The molecular weight excluding hydrogens is 374 g/mol. The van der Waals surface area contributed by atoms with Crippen LogP contribution in [0.15, 0.2) is 23.0 Å². The van der Waals surface area contributed by atoms with Gasteiger partial charge in [0.15, 0.2) is 9.84 Å². The maximum absolute atomic E-state index is 12.5. The van der Waals surface area contributed by atoms with Gasteiger partial charge in [-0.2, -0.15) is 0 Å². The van der Waals surface area contributed by atoms with Gasteiger partial charge in [0.05, 0.1) is 29.3 Å². The zero-order valence-electron chi connectivity index (χ0n) is 15.1. The van der Waals surface area contributed by atoms with Gasteiger partial charge in [-0.1, -0.05) is 0 Å². The number of sulfone groups is 1. The fourth-order valence-electron chi connectivity index (χ4n) is 3.40. The van der Waals surface area contributed by atoms with Crippen LogP contribution >= 0.6 is 0 Å². The van der Waals surface area contributed by atoms with E-state index in [1.165, 1.54) is 18.6 Å². The number of hydrogen-bond donors (Lipinski definition) is 1. The van der Waals surface area contributed by atoms with E-state index >= 15 is 0 Å². The zero-order valence-corrected chi connectivity index (χ0v) is 15.9. The average molecular weight is 397 g/mol. The predicted octanol–water partition coefficient (Wildman–Crippen LogP) is -0.497. The molecule has 0 unspecified atom stereocenters. The van der Waals surface area contributed by atoms with Crippen LogP contribution in [0.4, 0.5) is 0 Å². The number of piperazine rings is 1. The summed E-state index contributed by atoms with van der Waals surface area (Å²) in [6, 6.07) is 0.815. The van der Waals surface area contributed by atoms with E-state index in [9.17, 15) is 22.8 Å². The van der Waals surface area contributed by atoms with Crippen molar-refractivity contribution < 1.29 is 27.2 Å². The fourth-order valence-corrected chi connectivity index (χ4v) is 5.14. The molecule has 0 radical (unpaired) electrons. The molecule has 148 valence electrons. The summed E-state index contributed by atoms with van der Waals surface area (Å²) in [7, 11) is -3.10. The SMILES string of the molecule is C[C@H](NC(=O)c1ccoc1)C(=O)N1CCN(C(=O)[C@H]2CCS(=O)(=O)C2)CC1. The Labute approximate surface area is 157 Å². The van der Waals surface area contributed by atoms with Gasteiger partial charge in [-0.05, 0) is 19.4 Å². The Bertz CT molecular complexity index is 812. The number of amides is 3. The van der Waals surface area contributed by atoms with Gasteiger partial charge in [-0.3, -0.25) is 14.4 Å². The first kappa shape index (κ1) is 19.4. The summed E-state index contributed by atoms with van der Waals surface area (Å²) < 4.78 is 28.0. The largest absolute Gasteiger partial charge is 0.472 e. The summed E-state index contributed by atoms with van der Waals surface area (Å²) >= 11 is 0. The number of furan rings is 1. The van der Waals surface area contributed by atoms with Crippen molar-refractivity contribution in [2.45, 2.75) is 19.4 Å². The Morgan fingerprint density at radius 3 is 2.41 bits per heavy atom. The van der Waals surface area contributed by atoms with Crippen molar-refractivity contribution in [3.05, 3.63) is 24.2 Å². The topological polar surface area (TPSA) is 117 Å². The lowest BCUT2D eigenvalue weighted by Gasteiger charge is -2.37. The van der Waals surface area contributed by atoms with Gasteiger partial charge < -0.3 is 19.5 Å². The molecule has 1 aromatic heterocycles. The molecule has 10 heteroatoms. The van der Waals surface area contributed by atoms with Gasteiger partial charge >= 0.3 is 0 Å². The lowest BCUT2D eigenvalue weighted by Crippen LogP contribution is -2.55. The fraction of sp³-hybridized carbons (Fsp3) is 0.588. The molecule has 0 aliphatic carbocycles. The zero-order chi connectivity index (χ0) is 19.6. The average Bonchev–Trinajstić information content (AvgIpc) is 3.30. The summed E-state index contributed by atoms with van der Waals surface area (Å²) in [4.78, 5) is 40.2. The third-order valence-corrected chi connectivity index (χ3v) is 6.75. The van der Waals surface area contributed by atoms with Crippen molar-refractivity contribution in [1.29, 1.82) is 0 Å². The predicted molar refractivity (Wildman–Crippen MR) is 95.6 cm³/mol. The van der Waals surface area contributed by atoms with Gasteiger partial charge in [0.25, 0.3) is 5.91 Å². The number of carbonyl (C=O) groups is 3. The van der Waals surface area contributed by atoms with E-state index < -0.39 is 21.8 Å². The smallest absolute Gasteiger partial charge is 0.255 e. The molecule has 1 N–H and O–H groups in total. The molecule has 2 aliphatic rings. The lowest BCUT2D eigenvalue weighted by molar-refractivity contribution is -0.142. The van der Waals surface area contributed by atoms with E-state index in [0.717, 1.165) is 0 Å². The number of nitrogens with one attached hydrogen (secondary N) is 1. The van der Waals surface area contributed by atoms with Crippen LogP contribution in [0.2, 0.25) is 0 Å². The van der Waals surface area contributed by atoms with E-state index in [0.29, 0.717) is 38.2 Å². The van der Waals surface area contributed by atoms with Crippen molar-refractivity contribution in [3.8, 4) is 0 Å². The van der Waals surface area contributed by atoms with Crippen LogP contribution in [0.1, 0.15) is 23.7 Å². The van der Waals surface area contributed by atoms with Crippen LogP contribution in [-0.2, 0) is 19.4 Å². The molecule has 1 aromatic rings. The van der Waals surface area contributed by atoms with Gasteiger partial charge in [0.2, 0.25) is 11.8 Å². The monoisotopic (exact) mass is 397 g/mol. The normalized spacial score (nSPS) is 23.1. The minimum absolute atomic E-state index is 0.0652. The summed E-state index contributed by atoms with van der Waals surface area (Å²) in [5.74, 6) is -1.24. The van der Waals surface area contributed by atoms with Crippen LogP contribution in [0.3, 0.4) is 0 Å². The van der Waals surface area contributed by atoms with E-state index in [4.69, 9.17) is 4.42 Å². The van der Waals surface area contributed by atoms with Gasteiger partial charge in [-0.25, -0.2) is 8.42 Å². The first-order valence-electron chi connectivity index (χ1n) is 8.88. The van der Waals surface area contributed by atoms with Crippen LogP contribution in [0.5, 0.6) is 0 Å². The van der Waals surface area contributed by atoms with Gasteiger partial charge in [0, 0.05) is 26.2 Å². The molecular formula is C17H23N3O6S. The summed E-state index contributed by atoms with van der Waals surface area (Å²) in [5.41, 5.74) is 0.344. The van der Waals surface area contributed by atoms with Crippen LogP contribution in [0.25, 0.3) is 0 Å². The maximum Gasteiger partial charge on any atom is 0.255 e. The van der Waals surface area contributed by atoms with Crippen molar-refractivity contribution in [3.63, 3.8) is 0 Å². The van der Waals surface area contributed by atoms with Crippen molar-refractivity contribution >= 4 is 27.6 Å². The highest BCUT2D eigenvalue weighted by atomic mass is 32.2. The number of carbonyl (C=O) groups excluding carboxylic acids is 3. The molecule has 0 saturated carbocycles. The molecule has 0 aromatic carbocycles. The molecule has 9 nitrogen and oxygen atoms in total. The van der Waals surface area contributed by atoms with E-state index in [1.807, 2.05) is 0 Å². The highest BCUT2D eigenvalue weighted by molar-refractivity contribution is 7.91. The number of nitrogens with zero attached hydrogens (tertiary/aromatic N) is 2. The lowest BCUT2D eigenvalue weighted by atomic mass is 10.1. The first-order chi connectivity index (χ1) is 12.8. The second kappa shape index (κ2) is 7.71. The molecule has 2 atom stereocenters. The maximum atomic E-state index is 12.5. The highest BCUT2D eigenvalue weighted by Crippen LogP contribution is 2.21. The van der Waals surface area contributed by atoms with Crippen LogP contribution in [0, 0.1) is 5.92 Å². The van der Waals surface area contributed by atoms with Crippen molar-refractivity contribution in [2.24, 2.45) is 5.92 Å².